The number of nitrogens with one attached hydrogen (secondary N) is 1. The van der Waals surface area contributed by atoms with Gasteiger partial charge in [0.2, 0.25) is 0 Å². The van der Waals surface area contributed by atoms with Crippen LogP contribution in [-0.2, 0) is 6.54 Å². The van der Waals surface area contributed by atoms with E-state index in [1.165, 1.54) is 11.1 Å². The van der Waals surface area contributed by atoms with Crippen LogP contribution in [0.5, 0.6) is 5.75 Å². The van der Waals surface area contributed by atoms with E-state index in [0.29, 0.717) is 5.92 Å². The van der Waals surface area contributed by atoms with Crippen molar-refractivity contribution < 1.29 is 4.74 Å². The molecule has 96 valence electrons. The Bertz CT molecular complexity index is 363. The summed E-state index contributed by atoms with van der Waals surface area (Å²) in [5.74, 6) is 1.58. The second-order valence-electron chi connectivity index (χ2n) is 4.70. The van der Waals surface area contributed by atoms with E-state index in [2.05, 4.69) is 61.1 Å². The maximum absolute atomic E-state index is 5.92. The van der Waals surface area contributed by atoms with Crippen LogP contribution in [0.4, 0.5) is 0 Å². The molecule has 0 aliphatic rings. The van der Waals surface area contributed by atoms with Gasteiger partial charge in [-0.2, -0.15) is 0 Å². The SMILES string of the molecule is CCNCc1cc(Br)cc(C)c1OCC(C)C. The fourth-order valence-corrected chi connectivity index (χ4v) is 2.27. The summed E-state index contributed by atoms with van der Waals surface area (Å²) in [6.07, 6.45) is 0. The number of aryl methyl sites for hydroxylation is 1. The zero-order valence-electron chi connectivity index (χ0n) is 11.1. The Labute approximate surface area is 113 Å². The van der Waals surface area contributed by atoms with Gasteiger partial charge in [0.15, 0.2) is 0 Å². The van der Waals surface area contributed by atoms with Crippen molar-refractivity contribution in [3.63, 3.8) is 0 Å². The molecule has 0 amide bonds. The topological polar surface area (TPSA) is 21.3 Å². The summed E-state index contributed by atoms with van der Waals surface area (Å²) in [4.78, 5) is 0. The van der Waals surface area contributed by atoms with Crippen LogP contribution in [0.2, 0.25) is 0 Å². The van der Waals surface area contributed by atoms with Gasteiger partial charge in [-0.25, -0.2) is 0 Å². The predicted molar refractivity (Wildman–Crippen MR) is 76.6 cm³/mol. The Hall–Kier alpha value is -0.540. The molecule has 0 spiro atoms. The number of ether oxygens (including phenoxy) is 1. The predicted octanol–water partition coefficient (Wildman–Crippen LogP) is 3.90. The highest BCUT2D eigenvalue weighted by molar-refractivity contribution is 9.10. The first-order chi connectivity index (χ1) is 8.04. The molecule has 0 fully saturated rings. The van der Waals surface area contributed by atoms with Crippen LogP contribution in [-0.4, -0.2) is 13.2 Å². The Balaban J connectivity index is 2.90. The molecule has 1 N–H and O–H groups in total. The maximum atomic E-state index is 5.92. The molecule has 1 aromatic carbocycles. The van der Waals surface area contributed by atoms with Crippen LogP contribution in [0.1, 0.15) is 31.9 Å². The molecule has 17 heavy (non-hydrogen) atoms. The number of benzene rings is 1. The van der Waals surface area contributed by atoms with Gasteiger partial charge < -0.3 is 10.1 Å². The number of halogens is 1. The fourth-order valence-electron chi connectivity index (χ4n) is 1.65. The summed E-state index contributed by atoms with van der Waals surface area (Å²) in [6, 6.07) is 4.23. The van der Waals surface area contributed by atoms with Crippen molar-refractivity contribution in [1.82, 2.24) is 5.32 Å². The number of hydrogen-bond acceptors (Lipinski definition) is 2. The average Bonchev–Trinajstić information content (AvgIpc) is 2.24. The highest BCUT2D eigenvalue weighted by atomic mass is 79.9. The van der Waals surface area contributed by atoms with Gasteiger partial charge in [0.1, 0.15) is 5.75 Å². The summed E-state index contributed by atoms with van der Waals surface area (Å²) in [7, 11) is 0. The van der Waals surface area contributed by atoms with Crippen molar-refractivity contribution in [3.05, 3.63) is 27.7 Å². The molecule has 1 rings (SSSR count). The zero-order chi connectivity index (χ0) is 12.8. The van der Waals surface area contributed by atoms with Crippen molar-refractivity contribution in [2.45, 2.75) is 34.2 Å². The summed E-state index contributed by atoms with van der Waals surface area (Å²) in [5, 5.41) is 3.35. The van der Waals surface area contributed by atoms with Crippen LogP contribution < -0.4 is 10.1 Å². The van der Waals surface area contributed by atoms with Gasteiger partial charge in [0, 0.05) is 16.6 Å². The molecular weight excluding hydrogens is 278 g/mol. The number of rotatable bonds is 6. The summed E-state index contributed by atoms with van der Waals surface area (Å²) in [6.45, 7) is 11.1. The van der Waals surface area contributed by atoms with E-state index in [1.807, 2.05) is 0 Å². The normalized spacial score (nSPS) is 10.9. The molecule has 0 atom stereocenters. The molecule has 2 nitrogen and oxygen atoms in total. The molecule has 0 aliphatic carbocycles. The first-order valence-electron chi connectivity index (χ1n) is 6.17. The molecule has 0 saturated carbocycles. The van der Waals surface area contributed by atoms with Gasteiger partial charge in [0.25, 0.3) is 0 Å². The van der Waals surface area contributed by atoms with Crippen LogP contribution in [0, 0.1) is 12.8 Å². The first kappa shape index (κ1) is 14.5. The maximum Gasteiger partial charge on any atom is 0.126 e. The van der Waals surface area contributed by atoms with Gasteiger partial charge in [-0.05, 0) is 37.1 Å². The Morgan fingerprint density at radius 2 is 2.06 bits per heavy atom. The fraction of sp³-hybridized carbons (Fsp3) is 0.571. The van der Waals surface area contributed by atoms with Crippen molar-refractivity contribution >= 4 is 15.9 Å². The van der Waals surface area contributed by atoms with E-state index < -0.39 is 0 Å². The third kappa shape index (κ3) is 4.68. The molecule has 0 bridgehead atoms. The van der Waals surface area contributed by atoms with Crippen LogP contribution >= 0.6 is 15.9 Å². The smallest absolute Gasteiger partial charge is 0.126 e. The minimum atomic E-state index is 0.546. The standard InChI is InChI=1S/C14H22BrNO/c1-5-16-8-12-7-13(15)6-11(4)14(12)17-9-10(2)3/h6-7,10,16H,5,8-9H2,1-4H3. The Kier molecular flexibility index (Phi) is 6.00. The molecule has 0 aliphatic heterocycles. The average molecular weight is 300 g/mol. The minimum absolute atomic E-state index is 0.546. The van der Waals surface area contributed by atoms with E-state index in [-0.39, 0.29) is 0 Å². The second kappa shape index (κ2) is 7.02. The minimum Gasteiger partial charge on any atom is -0.493 e. The van der Waals surface area contributed by atoms with E-state index >= 15 is 0 Å². The van der Waals surface area contributed by atoms with Crippen molar-refractivity contribution in [1.29, 1.82) is 0 Å². The summed E-state index contributed by atoms with van der Waals surface area (Å²) >= 11 is 3.54. The van der Waals surface area contributed by atoms with Crippen LogP contribution in [0.25, 0.3) is 0 Å². The monoisotopic (exact) mass is 299 g/mol. The van der Waals surface area contributed by atoms with Gasteiger partial charge >= 0.3 is 0 Å². The quantitative estimate of drug-likeness (QED) is 0.860. The highest BCUT2D eigenvalue weighted by Gasteiger charge is 2.09. The zero-order valence-corrected chi connectivity index (χ0v) is 12.7. The molecule has 0 heterocycles. The van der Waals surface area contributed by atoms with Crippen molar-refractivity contribution in [2.75, 3.05) is 13.2 Å². The molecule has 0 saturated heterocycles. The number of hydrogen-bond donors (Lipinski definition) is 1. The van der Waals surface area contributed by atoms with Gasteiger partial charge in [-0.1, -0.05) is 36.7 Å². The van der Waals surface area contributed by atoms with E-state index in [1.54, 1.807) is 0 Å². The molecule has 1 aromatic rings. The lowest BCUT2D eigenvalue weighted by atomic mass is 10.1. The lowest BCUT2D eigenvalue weighted by Gasteiger charge is -2.16. The van der Waals surface area contributed by atoms with Crippen molar-refractivity contribution in [2.24, 2.45) is 5.92 Å². The second-order valence-corrected chi connectivity index (χ2v) is 5.61. The summed E-state index contributed by atoms with van der Waals surface area (Å²) < 4.78 is 7.03. The lowest BCUT2D eigenvalue weighted by Crippen LogP contribution is -2.14. The molecule has 3 heteroatoms. The van der Waals surface area contributed by atoms with Crippen LogP contribution in [0.3, 0.4) is 0 Å². The van der Waals surface area contributed by atoms with E-state index in [0.717, 1.165) is 29.9 Å². The molecule has 0 unspecified atom stereocenters. The first-order valence-corrected chi connectivity index (χ1v) is 6.96. The third-order valence-electron chi connectivity index (χ3n) is 2.44. The van der Waals surface area contributed by atoms with Gasteiger partial charge in [-0.3, -0.25) is 0 Å². The molecular formula is C14H22BrNO. The van der Waals surface area contributed by atoms with Gasteiger partial charge in [0.05, 0.1) is 6.61 Å². The van der Waals surface area contributed by atoms with Crippen molar-refractivity contribution in [3.8, 4) is 5.75 Å². The third-order valence-corrected chi connectivity index (χ3v) is 2.90. The lowest BCUT2D eigenvalue weighted by molar-refractivity contribution is 0.266. The molecule has 0 radical (unpaired) electrons. The van der Waals surface area contributed by atoms with E-state index in [4.69, 9.17) is 4.74 Å². The largest absolute Gasteiger partial charge is 0.493 e. The van der Waals surface area contributed by atoms with Crippen LogP contribution in [0.15, 0.2) is 16.6 Å². The van der Waals surface area contributed by atoms with Gasteiger partial charge in [-0.15, -0.1) is 0 Å². The molecule has 0 aromatic heterocycles. The Morgan fingerprint density at radius 3 is 2.65 bits per heavy atom. The summed E-state index contributed by atoms with van der Waals surface area (Å²) in [5.41, 5.74) is 2.41. The van der Waals surface area contributed by atoms with E-state index in [9.17, 15) is 0 Å². The highest BCUT2D eigenvalue weighted by Crippen LogP contribution is 2.28. The Morgan fingerprint density at radius 1 is 1.35 bits per heavy atom.